The van der Waals surface area contributed by atoms with Gasteiger partial charge in [0.05, 0.1) is 12.1 Å². The molecule has 0 fully saturated rings. The molecule has 0 saturated heterocycles. The molecule has 2 heterocycles. The molecule has 1 N–H and O–H groups in total. The Morgan fingerprint density at radius 1 is 1.17 bits per heavy atom. The van der Waals surface area contributed by atoms with Crippen LogP contribution in [0.3, 0.4) is 0 Å². The van der Waals surface area contributed by atoms with E-state index in [4.69, 9.17) is 9.47 Å². The lowest BCUT2D eigenvalue weighted by Gasteiger charge is -2.29. The van der Waals surface area contributed by atoms with Crippen molar-refractivity contribution < 1.29 is 18.7 Å². The minimum Gasteiger partial charge on any atom is -0.486 e. The first kappa shape index (κ1) is 18.7. The summed E-state index contributed by atoms with van der Waals surface area (Å²) in [6.45, 7) is 0.706. The van der Waals surface area contributed by atoms with Gasteiger partial charge in [-0.05, 0) is 42.5 Å². The van der Waals surface area contributed by atoms with Crippen LogP contribution in [0, 0.1) is 5.82 Å². The Labute approximate surface area is 167 Å². The summed E-state index contributed by atoms with van der Waals surface area (Å²) in [6.07, 6.45) is 1.29. The van der Waals surface area contributed by atoms with E-state index in [0.29, 0.717) is 41.7 Å². The van der Waals surface area contributed by atoms with Crippen LogP contribution in [0.2, 0.25) is 0 Å². The maximum atomic E-state index is 13.5. The number of halogens is 1. The number of nitrogens with zero attached hydrogens (tertiary/aromatic N) is 2. The van der Waals surface area contributed by atoms with Crippen molar-refractivity contribution in [2.45, 2.75) is 6.10 Å². The Bertz CT molecular complexity index is 1030. The smallest absolute Gasteiger partial charge is 0.257 e. The maximum absolute atomic E-state index is 13.5. The number of hydrogen-bond donors (Lipinski definition) is 1. The first-order valence-corrected chi connectivity index (χ1v) is 9.22. The zero-order chi connectivity index (χ0) is 20.2. The quantitative estimate of drug-likeness (QED) is 0.713. The second-order valence-corrected chi connectivity index (χ2v) is 6.72. The fourth-order valence-electron chi connectivity index (χ4n) is 3.13. The van der Waals surface area contributed by atoms with Gasteiger partial charge in [-0.2, -0.15) is 0 Å². The van der Waals surface area contributed by atoms with Gasteiger partial charge in [0.25, 0.3) is 5.91 Å². The topological polar surface area (TPSA) is 63.7 Å². The van der Waals surface area contributed by atoms with Crippen molar-refractivity contribution in [2.24, 2.45) is 0 Å². The lowest BCUT2D eigenvalue weighted by atomic mass is 10.2. The first-order valence-electron chi connectivity index (χ1n) is 9.22. The van der Waals surface area contributed by atoms with Crippen LogP contribution in [0.15, 0.2) is 66.9 Å². The molecule has 0 unspecified atom stereocenters. The molecule has 0 saturated carbocycles. The second kappa shape index (κ2) is 8.18. The van der Waals surface area contributed by atoms with Gasteiger partial charge in [0.1, 0.15) is 18.2 Å². The Hall–Kier alpha value is -3.61. The molecule has 7 heteroatoms. The van der Waals surface area contributed by atoms with E-state index < -0.39 is 0 Å². The summed E-state index contributed by atoms with van der Waals surface area (Å²) in [6, 6.07) is 16.8. The summed E-state index contributed by atoms with van der Waals surface area (Å²) in [7, 11) is 1.70. The molecule has 0 aliphatic carbocycles. The van der Waals surface area contributed by atoms with Crippen LogP contribution in [0.25, 0.3) is 0 Å². The highest BCUT2D eigenvalue weighted by Gasteiger charge is 2.25. The molecule has 1 aliphatic rings. The van der Waals surface area contributed by atoms with Gasteiger partial charge in [-0.15, -0.1) is 0 Å². The molecule has 148 valence electrons. The largest absolute Gasteiger partial charge is 0.486 e. The van der Waals surface area contributed by atoms with Crippen LogP contribution < -0.4 is 14.8 Å². The van der Waals surface area contributed by atoms with Crippen LogP contribution in [0.1, 0.15) is 10.4 Å². The minimum absolute atomic E-state index is 0.223. The van der Waals surface area contributed by atoms with Crippen molar-refractivity contribution in [1.29, 1.82) is 0 Å². The highest BCUT2D eigenvalue weighted by molar-refractivity contribution is 5.99. The van der Waals surface area contributed by atoms with Crippen molar-refractivity contribution in [3.05, 3.63) is 78.2 Å². The fourth-order valence-corrected chi connectivity index (χ4v) is 3.13. The van der Waals surface area contributed by atoms with E-state index in [1.807, 2.05) is 24.3 Å². The summed E-state index contributed by atoms with van der Waals surface area (Å²) in [5.74, 6) is 1.14. The number of ether oxygens (including phenoxy) is 2. The van der Waals surface area contributed by atoms with Gasteiger partial charge in [-0.1, -0.05) is 18.2 Å². The summed E-state index contributed by atoms with van der Waals surface area (Å²) >= 11 is 0. The number of amides is 1. The van der Waals surface area contributed by atoms with Crippen LogP contribution in [0.5, 0.6) is 11.5 Å². The molecule has 0 bridgehead atoms. The van der Waals surface area contributed by atoms with Gasteiger partial charge >= 0.3 is 0 Å². The van der Waals surface area contributed by atoms with Gasteiger partial charge in [0, 0.05) is 18.9 Å². The monoisotopic (exact) mass is 393 g/mol. The van der Waals surface area contributed by atoms with Gasteiger partial charge in [0.15, 0.2) is 17.6 Å². The lowest BCUT2D eigenvalue weighted by molar-refractivity contribution is 0.0521. The maximum Gasteiger partial charge on any atom is 0.257 e. The predicted molar refractivity (Wildman–Crippen MR) is 107 cm³/mol. The lowest BCUT2D eigenvalue weighted by Crippen LogP contribution is -2.42. The van der Waals surface area contributed by atoms with E-state index in [0.717, 1.165) is 0 Å². The Morgan fingerprint density at radius 2 is 2.00 bits per heavy atom. The average Bonchev–Trinajstić information content (AvgIpc) is 2.73. The SMILES string of the molecule is CN(C[C@@H]1COc2ccccc2O1)C(=O)c1cccnc1Nc1cccc(F)c1. The molecule has 1 atom stereocenters. The normalized spacial score (nSPS) is 14.9. The third-order valence-electron chi connectivity index (χ3n) is 4.52. The van der Waals surface area contributed by atoms with Gasteiger partial charge in [-0.25, -0.2) is 9.37 Å². The molecule has 0 radical (unpaired) electrons. The molecular formula is C22H20FN3O3. The molecule has 2 aromatic carbocycles. The summed E-state index contributed by atoms with van der Waals surface area (Å²) in [4.78, 5) is 18.8. The number of fused-ring (bicyclic) bond motifs is 1. The number of carbonyl (C=O) groups excluding carboxylic acids is 1. The van der Waals surface area contributed by atoms with E-state index in [1.54, 1.807) is 42.4 Å². The second-order valence-electron chi connectivity index (χ2n) is 6.72. The van der Waals surface area contributed by atoms with E-state index >= 15 is 0 Å². The molecule has 0 spiro atoms. The van der Waals surface area contributed by atoms with Crippen LogP contribution in [0.4, 0.5) is 15.9 Å². The fraction of sp³-hybridized carbons (Fsp3) is 0.182. The Kier molecular flexibility index (Phi) is 5.29. The third kappa shape index (κ3) is 4.29. The molecule has 1 aliphatic heterocycles. The van der Waals surface area contributed by atoms with Gasteiger partial charge < -0.3 is 19.7 Å². The highest BCUT2D eigenvalue weighted by Crippen LogP contribution is 2.31. The number of benzene rings is 2. The number of aromatic nitrogens is 1. The van der Waals surface area contributed by atoms with Crippen molar-refractivity contribution in [3.8, 4) is 11.5 Å². The molecular weight excluding hydrogens is 373 g/mol. The number of hydrogen-bond acceptors (Lipinski definition) is 5. The molecule has 1 aromatic heterocycles. The average molecular weight is 393 g/mol. The van der Waals surface area contributed by atoms with E-state index in [2.05, 4.69) is 10.3 Å². The number of likely N-dealkylation sites (N-methyl/N-ethyl adjacent to an activating group) is 1. The van der Waals surface area contributed by atoms with E-state index in [1.165, 1.54) is 12.1 Å². The molecule has 3 aromatic rings. The number of para-hydroxylation sites is 2. The minimum atomic E-state index is -0.370. The van der Waals surface area contributed by atoms with Crippen molar-refractivity contribution >= 4 is 17.4 Å². The van der Waals surface area contributed by atoms with Crippen molar-refractivity contribution in [2.75, 3.05) is 25.5 Å². The van der Waals surface area contributed by atoms with Crippen LogP contribution in [-0.2, 0) is 0 Å². The first-order chi connectivity index (χ1) is 14.1. The summed E-state index contributed by atoms with van der Waals surface area (Å²) in [5.41, 5.74) is 0.900. The summed E-state index contributed by atoms with van der Waals surface area (Å²) < 4.78 is 25.1. The molecule has 6 nitrogen and oxygen atoms in total. The molecule has 1 amide bonds. The summed E-state index contributed by atoms with van der Waals surface area (Å²) in [5, 5.41) is 3.01. The zero-order valence-corrected chi connectivity index (χ0v) is 15.8. The standard InChI is InChI=1S/C22H20FN3O3/c1-26(13-17-14-28-19-9-2-3-10-20(19)29-17)22(27)18-8-5-11-24-21(18)25-16-7-4-6-15(23)12-16/h2-12,17H,13-14H2,1H3,(H,24,25)/t17-/m1/s1. The number of carbonyl (C=O) groups is 1. The number of rotatable bonds is 5. The molecule has 29 heavy (non-hydrogen) atoms. The third-order valence-corrected chi connectivity index (χ3v) is 4.52. The van der Waals surface area contributed by atoms with Crippen molar-refractivity contribution in [3.63, 3.8) is 0 Å². The number of pyridine rings is 1. The van der Waals surface area contributed by atoms with Crippen LogP contribution >= 0.6 is 0 Å². The van der Waals surface area contributed by atoms with E-state index in [9.17, 15) is 9.18 Å². The predicted octanol–water partition coefficient (Wildman–Crippen LogP) is 3.88. The van der Waals surface area contributed by atoms with Gasteiger partial charge in [-0.3, -0.25) is 4.79 Å². The van der Waals surface area contributed by atoms with Crippen molar-refractivity contribution in [1.82, 2.24) is 9.88 Å². The highest BCUT2D eigenvalue weighted by atomic mass is 19.1. The van der Waals surface area contributed by atoms with E-state index in [-0.39, 0.29) is 17.8 Å². The number of anilines is 2. The Balaban J connectivity index is 1.47. The number of nitrogens with one attached hydrogen (secondary N) is 1. The van der Waals surface area contributed by atoms with Crippen LogP contribution in [-0.4, -0.2) is 42.1 Å². The van der Waals surface area contributed by atoms with Gasteiger partial charge in [0.2, 0.25) is 0 Å². The zero-order valence-electron chi connectivity index (χ0n) is 15.8. The molecule has 4 rings (SSSR count). The Morgan fingerprint density at radius 3 is 2.83 bits per heavy atom.